The van der Waals surface area contributed by atoms with Crippen molar-refractivity contribution in [1.82, 2.24) is 4.90 Å². The molecule has 2 rings (SSSR count). The van der Waals surface area contributed by atoms with Crippen LogP contribution in [0.4, 0.5) is 13.2 Å². The lowest BCUT2D eigenvalue weighted by molar-refractivity contribution is -0.150. The molecule has 0 amide bonds. The first kappa shape index (κ1) is 15.1. The average Bonchev–Trinajstić information content (AvgIpc) is 2.19. The monoisotopic (exact) mass is 278 g/mol. The molecule has 0 bridgehead atoms. The second-order valence-corrected chi connectivity index (χ2v) is 6.30. The van der Waals surface area contributed by atoms with E-state index < -0.39 is 12.6 Å². The van der Waals surface area contributed by atoms with Crippen LogP contribution < -0.4 is 5.73 Å². The molecule has 19 heavy (non-hydrogen) atoms. The summed E-state index contributed by atoms with van der Waals surface area (Å²) in [5.41, 5.74) is 5.98. The summed E-state index contributed by atoms with van der Waals surface area (Å²) in [5, 5.41) is 0. The smallest absolute Gasteiger partial charge is 0.327 e. The molecule has 1 aliphatic carbocycles. The second kappa shape index (κ2) is 6.00. The van der Waals surface area contributed by atoms with E-state index in [9.17, 15) is 13.2 Å². The van der Waals surface area contributed by atoms with Crippen LogP contribution in [-0.2, 0) is 0 Å². The summed E-state index contributed by atoms with van der Waals surface area (Å²) < 4.78 is 37.7. The van der Waals surface area contributed by atoms with E-state index in [1.165, 1.54) is 19.3 Å². The van der Waals surface area contributed by atoms with Crippen molar-refractivity contribution in [3.05, 3.63) is 0 Å². The zero-order valence-corrected chi connectivity index (χ0v) is 11.6. The summed E-state index contributed by atoms with van der Waals surface area (Å²) in [7, 11) is 0. The maximum atomic E-state index is 12.6. The predicted octanol–water partition coefficient (Wildman–Crippen LogP) is 3.17. The third kappa shape index (κ3) is 4.09. The van der Waals surface area contributed by atoms with Gasteiger partial charge >= 0.3 is 6.18 Å². The Labute approximate surface area is 113 Å². The van der Waals surface area contributed by atoms with Gasteiger partial charge in [-0.15, -0.1) is 0 Å². The summed E-state index contributed by atoms with van der Waals surface area (Å²) in [6, 6.07) is 0.339. The molecule has 1 saturated carbocycles. The van der Waals surface area contributed by atoms with E-state index in [0.29, 0.717) is 24.9 Å². The van der Waals surface area contributed by atoms with E-state index in [0.717, 1.165) is 13.0 Å². The van der Waals surface area contributed by atoms with Crippen LogP contribution in [0, 0.1) is 11.8 Å². The average molecular weight is 278 g/mol. The van der Waals surface area contributed by atoms with Crippen LogP contribution in [0.2, 0.25) is 0 Å². The van der Waals surface area contributed by atoms with Gasteiger partial charge in [0.05, 0.1) is 0 Å². The van der Waals surface area contributed by atoms with Crippen molar-refractivity contribution in [3.8, 4) is 0 Å². The molecule has 3 unspecified atom stereocenters. The Balaban J connectivity index is 1.95. The molecule has 2 fully saturated rings. The Kier molecular flexibility index (Phi) is 4.77. The van der Waals surface area contributed by atoms with Crippen LogP contribution in [0.1, 0.15) is 45.4 Å². The molecule has 0 aromatic rings. The number of rotatable bonds is 4. The van der Waals surface area contributed by atoms with Crippen LogP contribution in [0.3, 0.4) is 0 Å². The molecule has 1 saturated heterocycles. The molecular formula is C14H25F3N2. The number of nitrogens with two attached hydrogens (primary N) is 1. The number of hydrogen-bond acceptors (Lipinski definition) is 2. The summed E-state index contributed by atoms with van der Waals surface area (Å²) >= 11 is 0. The van der Waals surface area contributed by atoms with Crippen LogP contribution in [-0.4, -0.2) is 36.2 Å². The van der Waals surface area contributed by atoms with Crippen molar-refractivity contribution < 1.29 is 13.2 Å². The minimum Gasteiger partial charge on any atom is -0.327 e. The van der Waals surface area contributed by atoms with Gasteiger partial charge in [0.25, 0.3) is 0 Å². The van der Waals surface area contributed by atoms with Gasteiger partial charge in [0.1, 0.15) is 0 Å². The van der Waals surface area contributed by atoms with E-state index in [1.54, 1.807) is 0 Å². The van der Waals surface area contributed by atoms with Crippen LogP contribution in [0.25, 0.3) is 0 Å². The normalized spacial score (nSPS) is 32.1. The van der Waals surface area contributed by atoms with Crippen molar-refractivity contribution in [3.63, 3.8) is 0 Å². The molecule has 0 aromatic carbocycles. The van der Waals surface area contributed by atoms with Crippen molar-refractivity contribution in [2.45, 2.75) is 63.7 Å². The minimum absolute atomic E-state index is 0.102. The lowest BCUT2D eigenvalue weighted by Crippen LogP contribution is -2.54. The van der Waals surface area contributed by atoms with Crippen LogP contribution in [0.5, 0.6) is 0 Å². The van der Waals surface area contributed by atoms with Gasteiger partial charge in [-0.1, -0.05) is 13.3 Å². The zero-order chi connectivity index (χ0) is 14.0. The van der Waals surface area contributed by atoms with E-state index in [2.05, 4.69) is 11.8 Å². The fraction of sp³-hybridized carbons (Fsp3) is 1.00. The number of halogens is 3. The number of likely N-dealkylation sites (tertiary alicyclic amines) is 1. The van der Waals surface area contributed by atoms with Crippen molar-refractivity contribution in [1.29, 1.82) is 0 Å². The molecule has 0 spiro atoms. The number of piperidine rings is 1. The lowest BCUT2D eigenvalue weighted by Gasteiger charge is -2.46. The van der Waals surface area contributed by atoms with Gasteiger partial charge in [-0.2, -0.15) is 13.2 Å². The summed E-state index contributed by atoms with van der Waals surface area (Å²) in [6.45, 7) is 3.48. The summed E-state index contributed by atoms with van der Waals surface area (Å²) in [6.07, 6.45) is 0.520. The van der Waals surface area contributed by atoms with Crippen molar-refractivity contribution in [2.75, 3.05) is 13.1 Å². The first-order valence-electron chi connectivity index (χ1n) is 7.45. The SMILES string of the molecule is CCC(C1CCC1)N1CC(N)CC(CC(F)(F)F)C1. The molecule has 2 N–H and O–H groups in total. The van der Waals surface area contributed by atoms with Gasteiger partial charge in [0.15, 0.2) is 0 Å². The van der Waals surface area contributed by atoms with E-state index in [4.69, 9.17) is 5.73 Å². The molecule has 1 aliphatic heterocycles. The lowest BCUT2D eigenvalue weighted by atomic mass is 9.77. The second-order valence-electron chi connectivity index (χ2n) is 6.30. The Bertz CT molecular complexity index is 289. The Morgan fingerprint density at radius 2 is 1.95 bits per heavy atom. The largest absolute Gasteiger partial charge is 0.389 e. The van der Waals surface area contributed by atoms with Gasteiger partial charge in [0.2, 0.25) is 0 Å². The number of hydrogen-bond donors (Lipinski definition) is 1. The molecule has 0 radical (unpaired) electrons. The van der Waals surface area contributed by atoms with Crippen molar-refractivity contribution >= 4 is 0 Å². The van der Waals surface area contributed by atoms with Gasteiger partial charge in [-0.05, 0) is 37.5 Å². The predicted molar refractivity (Wildman–Crippen MR) is 69.7 cm³/mol. The van der Waals surface area contributed by atoms with Crippen molar-refractivity contribution in [2.24, 2.45) is 17.6 Å². The van der Waals surface area contributed by atoms with Gasteiger partial charge < -0.3 is 5.73 Å². The summed E-state index contributed by atoms with van der Waals surface area (Å²) in [4.78, 5) is 2.24. The molecule has 0 aromatic heterocycles. The first-order chi connectivity index (χ1) is 8.89. The Hall–Kier alpha value is -0.290. The fourth-order valence-corrected chi connectivity index (χ4v) is 3.74. The highest BCUT2D eigenvalue weighted by Gasteiger charge is 2.39. The van der Waals surface area contributed by atoms with Gasteiger partial charge in [0, 0.05) is 31.6 Å². The molecule has 3 atom stereocenters. The first-order valence-corrected chi connectivity index (χ1v) is 7.45. The molecule has 2 aliphatic rings. The number of alkyl halides is 3. The Morgan fingerprint density at radius 3 is 2.42 bits per heavy atom. The molecule has 5 heteroatoms. The van der Waals surface area contributed by atoms with Crippen LogP contribution >= 0.6 is 0 Å². The third-order valence-electron chi connectivity index (χ3n) is 4.70. The quantitative estimate of drug-likeness (QED) is 0.856. The topological polar surface area (TPSA) is 29.3 Å². The Morgan fingerprint density at radius 1 is 1.26 bits per heavy atom. The maximum absolute atomic E-state index is 12.6. The summed E-state index contributed by atoms with van der Waals surface area (Å²) in [5.74, 6) is 0.361. The van der Waals surface area contributed by atoms with Crippen LogP contribution in [0.15, 0.2) is 0 Å². The van der Waals surface area contributed by atoms with E-state index >= 15 is 0 Å². The van der Waals surface area contributed by atoms with Gasteiger partial charge in [-0.25, -0.2) is 0 Å². The standard InChI is InChI=1S/C14H25F3N2/c1-2-13(11-4-3-5-11)19-8-10(6-12(18)9-19)7-14(15,16)17/h10-13H,2-9,18H2,1H3. The highest BCUT2D eigenvalue weighted by Crippen LogP contribution is 2.37. The molecule has 112 valence electrons. The molecular weight excluding hydrogens is 253 g/mol. The van der Waals surface area contributed by atoms with E-state index in [1.807, 2.05) is 0 Å². The maximum Gasteiger partial charge on any atom is 0.389 e. The van der Waals surface area contributed by atoms with E-state index in [-0.39, 0.29) is 12.0 Å². The highest BCUT2D eigenvalue weighted by atomic mass is 19.4. The third-order valence-corrected chi connectivity index (χ3v) is 4.70. The zero-order valence-electron chi connectivity index (χ0n) is 11.6. The minimum atomic E-state index is -4.06. The highest BCUT2D eigenvalue weighted by molar-refractivity contribution is 4.90. The fourth-order valence-electron chi connectivity index (χ4n) is 3.74. The van der Waals surface area contributed by atoms with Gasteiger partial charge in [-0.3, -0.25) is 4.90 Å². The number of nitrogens with zero attached hydrogens (tertiary/aromatic N) is 1. The molecule has 2 nitrogen and oxygen atoms in total. The molecule has 1 heterocycles.